The number of benzene rings is 9. The zero-order valence-electron chi connectivity index (χ0n) is 34.7. The number of rotatable bonds is 7. The van der Waals surface area contributed by atoms with Gasteiger partial charge in [-0.15, -0.1) is 0 Å². The topological polar surface area (TPSA) is 13.1 Å². The third-order valence-corrected chi connectivity index (χ3v) is 13.2. The number of hydrogen-bond acceptors (Lipinski definition) is 1. The fourth-order valence-electron chi connectivity index (χ4n) is 10.1. The Balaban J connectivity index is 0.959. The van der Waals surface area contributed by atoms with Gasteiger partial charge in [-0.25, -0.2) is 0 Å². The van der Waals surface area contributed by atoms with Crippen LogP contribution in [0.5, 0.6) is 0 Å². The second kappa shape index (κ2) is 14.1. The summed E-state index contributed by atoms with van der Waals surface area (Å²) in [5.41, 5.74) is 19.3. The highest BCUT2D eigenvalue weighted by Crippen LogP contribution is 2.51. The Morgan fingerprint density at radius 1 is 0.371 bits per heavy atom. The van der Waals surface area contributed by atoms with E-state index < -0.39 is 0 Å². The number of para-hydroxylation sites is 2. The van der Waals surface area contributed by atoms with Gasteiger partial charge in [-0.05, 0) is 123 Å². The average molecular weight is 794 g/mol. The predicted octanol–water partition coefficient (Wildman–Crippen LogP) is 15.8. The smallest absolute Gasteiger partial charge is 0.0635 e. The van der Waals surface area contributed by atoms with Crippen LogP contribution in [0.25, 0.3) is 77.5 Å². The summed E-state index contributed by atoms with van der Waals surface area (Å²) in [5.74, 6) is 0. The van der Waals surface area contributed by atoms with Crippen molar-refractivity contribution in [2.75, 3.05) is 4.90 Å². The number of aromatic nitrogens is 2. The Hall–Kier alpha value is -7.88. The van der Waals surface area contributed by atoms with Gasteiger partial charge < -0.3 is 14.0 Å². The minimum atomic E-state index is -0.109. The van der Waals surface area contributed by atoms with E-state index in [2.05, 4.69) is 252 Å². The van der Waals surface area contributed by atoms with E-state index in [1.54, 1.807) is 0 Å². The molecule has 1 aliphatic rings. The van der Waals surface area contributed by atoms with Crippen LogP contribution >= 0.6 is 0 Å². The molecule has 0 N–H and O–H groups in total. The van der Waals surface area contributed by atoms with Gasteiger partial charge in [0, 0.05) is 56.2 Å². The van der Waals surface area contributed by atoms with Crippen molar-refractivity contribution in [2.45, 2.75) is 19.3 Å². The molecular weight excluding hydrogens is 751 g/mol. The molecule has 9 aromatic carbocycles. The van der Waals surface area contributed by atoms with E-state index in [1.807, 2.05) is 0 Å². The van der Waals surface area contributed by atoms with Crippen molar-refractivity contribution in [3.05, 3.63) is 236 Å². The first-order valence-corrected chi connectivity index (χ1v) is 21.5. The molecule has 0 unspecified atom stereocenters. The van der Waals surface area contributed by atoms with E-state index in [0.29, 0.717) is 0 Å². The van der Waals surface area contributed by atoms with Crippen LogP contribution in [0, 0.1) is 0 Å². The van der Waals surface area contributed by atoms with Crippen LogP contribution < -0.4 is 4.90 Å². The fourth-order valence-corrected chi connectivity index (χ4v) is 10.1. The molecule has 0 saturated carbocycles. The molecule has 12 rings (SSSR count). The Kier molecular flexibility index (Phi) is 8.20. The predicted molar refractivity (Wildman–Crippen MR) is 261 cm³/mol. The van der Waals surface area contributed by atoms with E-state index in [9.17, 15) is 0 Å². The molecule has 2 heterocycles. The van der Waals surface area contributed by atoms with Crippen molar-refractivity contribution < 1.29 is 0 Å². The monoisotopic (exact) mass is 793 g/mol. The van der Waals surface area contributed by atoms with Gasteiger partial charge in [-0.3, -0.25) is 0 Å². The summed E-state index contributed by atoms with van der Waals surface area (Å²) in [7, 11) is 0. The summed E-state index contributed by atoms with van der Waals surface area (Å²) in [5, 5.41) is 3.74. The number of nitrogens with zero attached hydrogens (tertiary/aromatic N) is 3. The Morgan fingerprint density at radius 2 is 1.00 bits per heavy atom. The fraction of sp³-hybridized carbons (Fsp3) is 0.0508. The molecule has 0 radical (unpaired) electrons. The molecule has 0 saturated heterocycles. The standard InChI is InChI=1S/C59H43N3/c1-59(2)54-22-11-9-20-49(54)50-33-32-48(39-55(50)59)61(45-28-24-41(25-29-45)40-14-5-3-6-15-40)47-19-13-16-43(38-47)42-26-30-46(31-27-42)62-57-23-12-10-21-51(57)52-34-35-56-53(58(52)62)36-37-60(56)44-17-7-4-8-18-44/h3-39H,1-2H3. The van der Waals surface area contributed by atoms with E-state index in [-0.39, 0.29) is 5.41 Å². The first kappa shape index (κ1) is 36.0. The van der Waals surface area contributed by atoms with Crippen LogP contribution in [0.4, 0.5) is 17.1 Å². The first-order chi connectivity index (χ1) is 30.5. The van der Waals surface area contributed by atoms with Gasteiger partial charge in [0.05, 0.1) is 16.6 Å². The van der Waals surface area contributed by atoms with Crippen molar-refractivity contribution >= 4 is 49.8 Å². The van der Waals surface area contributed by atoms with Crippen molar-refractivity contribution in [2.24, 2.45) is 0 Å². The normalized spacial score (nSPS) is 12.8. The lowest BCUT2D eigenvalue weighted by Gasteiger charge is -2.28. The van der Waals surface area contributed by atoms with Crippen LogP contribution in [0.3, 0.4) is 0 Å². The van der Waals surface area contributed by atoms with Crippen LogP contribution in [0.2, 0.25) is 0 Å². The van der Waals surface area contributed by atoms with Gasteiger partial charge in [-0.1, -0.05) is 153 Å². The van der Waals surface area contributed by atoms with E-state index in [1.165, 1.54) is 77.2 Å². The molecule has 0 aliphatic heterocycles. The SMILES string of the molecule is CC1(C)c2ccccc2-c2ccc(N(c3ccc(-c4ccccc4)cc3)c3cccc(-c4ccc(-n5c6ccccc6c6ccc7c(ccn7-c7ccccc7)c65)cc4)c3)cc21. The molecule has 0 spiro atoms. The minimum absolute atomic E-state index is 0.109. The second-order valence-corrected chi connectivity index (χ2v) is 17.0. The summed E-state index contributed by atoms with van der Waals surface area (Å²) in [6, 6.07) is 79.8. The first-order valence-electron chi connectivity index (χ1n) is 21.5. The zero-order valence-corrected chi connectivity index (χ0v) is 34.7. The van der Waals surface area contributed by atoms with Crippen molar-refractivity contribution in [1.29, 1.82) is 0 Å². The second-order valence-electron chi connectivity index (χ2n) is 17.0. The summed E-state index contributed by atoms with van der Waals surface area (Å²) in [4.78, 5) is 2.41. The quantitative estimate of drug-likeness (QED) is 0.157. The molecule has 0 bridgehead atoms. The van der Waals surface area contributed by atoms with E-state index in [4.69, 9.17) is 0 Å². The lowest BCUT2D eigenvalue weighted by atomic mass is 9.82. The number of hydrogen-bond donors (Lipinski definition) is 0. The highest BCUT2D eigenvalue weighted by Gasteiger charge is 2.35. The molecule has 1 aliphatic carbocycles. The molecule has 11 aromatic rings. The minimum Gasteiger partial charge on any atom is -0.316 e. The molecule has 2 aromatic heterocycles. The Bertz CT molecular complexity index is 3460. The van der Waals surface area contributed by atoms with Gasteiger partial charge in [0.25, 0.3) is 0 Å². The summed E-state index contributed by atoms with van der Waals surface area (Å²) < 4.78 is 4.73. The van der Waals surface area contributed by atoms with Gasteiger partial charge in [-0.2, -0.15) is 0 Å². The molecule has 294 valence electrons. The molecule has 0 atom stereocenters. The third-order valence-electron chi connectivity index (χ3n) is 13.2. The Morgan fingerprint density at radius 3 is 1.82 bits per heavy atom. The lowest BCUT2D eigenvalue weighted by Crippen LogP contribution is -2.16. The number of anilines is 3. The molecule has 3 nitrogen and oxygen atoms in total. The van der Waals surface area contributed by atoms with Crippen LogP contribution in [0.1, 0.15) is 25.0 Å². The largest absolute Gasteiger partial charge is 0.316 e. The lowest BCUT2D eigenvalue weighted by molar-refractivity contribution is 0.660. The van der Waals surface area contributed by atoms with Crippen LogP contribution in [0.15, 0.2) is 225 Å². The van der Waals surface area contributed by atoms with E-state index >= 15 is 0 Å². The third kappa shape index (κ3) is 5.66. The van der Waals surface area contributed by atoms with E-state index in [0.717, 1.165) is 28.4 Å². The highest BCUT2D eigenvalue weighted by atomic mass is 15.1. The van der Waals surface area contributed by atoms with Gasteiger partial charge in [0.2, 0.25) is 0 Å². The van der Waals surface area contributed by atoms with Crippen molar-refractivity contribution in [1.82, 2.24) is 9.13 Å². The molecule has 0 amide bonds. The summed E-state index contributed by atoms with van der Waals surface area (Å²) in [6.07, 6.45) is 2.20. The Labute approximate surface area is 362 Å². The van der Waals surface area contributed by atoms with Gasteiger partial charge >= 0.3 is 0 Å². The maximum atomic E-state index is 2.44. The maximum Gasteiger partial charge on any atom is 0.0635 e. The molecule has 3 heteroatoms. The van der Waals surface area contributed by atoms with Gasteiger partial charge in [0.1, 0.15) is 0 Å². The molecule has 0 fully saturated rings. The summed E-state index contributed by atoms with van der Waals surface area (Å²) >= 11 is 0. The highest BCUT2D eigenvalue weighted by molar-refractivity contribution is 6.18. The number of fused-ring (bicyclic) bond motifs is 8. The van der Waals surface area contributed by atoms with Crippen LogP contribution in [-0.4, -0.2) is 9.13 Å². The summed E-state index contributed by atoms with van der Waals surface area (Å²) in [6.45, 7) is 4.71. The maximum absolute atomic E-state index is 2.44. The van der Waals surface area contributed by atoms with Crippen molar-refractivity contribution in [3.8, 4) is 44.8 Å². The molecule has 62 heavy (non-hydrogen) atoms. The van der Waals surface area contributed by atoms with Crippen LogP contribution in [-0.2, 0) is 5.41 Å². The zero-order chi connectivity index (χ0) is 41.4. The average Bonchev–Trinajstić information content (AvgIpc) is 3.99. The molecular formula is C59H43N3. The van der Waals surface area contributed by atoms with Crippen molar-refractivity contribution in [3.63, 3.8) is 0 Å². The van der Waals surface area contributed by atoms with Gasteiger partial charge in [0.15, 0.2) is 0 Å².